The third-order valence-corrected chi connectivity index (χ3v) is 3.12. The van der Waals surface area contributed by atoms with Crippen LogP contribution >= 0.6 is 0 Å². The molecule has 0 saturated heterocycles. The fourth-order valence-electron chi connectivity index (χ4n) is 2.08. The van der Waals surface area contributed by atoms with Gasteiger partial charge in [0, 0.05) is 18.8 Å². The second kappa shape index (κ2) is 8.43. The van der Waals surface area contributed by atoms with E-state index in [1.807, 2.05) is 0 Å². The molecule has 0 atom stereocenters. The summed E-state index contributed by atoms with van der Waals surface area (Å²) in [6, 6.07) is 0. The Kier molecular flexibility index (Phi) is 8.05. The van der Waals surface area contributed by atoms with Gasteiger partial charge < -0.3 is 4.90 Å². The van der Waals surface area contributed by atoms with Crippen LogP contribution < -0.4 is 0 Å². The van der Waals surface area contributed by atoms with Crippen molar-refractivity contribution < 1.29 is 0 Å². The smallest absolute Gasteiger partial charge is 0.0325 e. The largest absolute Gasteiger partial charge is 0.372 e. The van der Waals surface area contributed by atoms with Gasteiger partial charge in [-0.05, 0) is 38.2 Å². The molecule has 94 valence electrons. The molecule has 0 saturated carbocycles. The summed E-state index contributed by atoms with van der Waals surface area (Å²) in [4.78, 5) is 2.44. The summed E-state index contributed by atoms with van der Waals surface area (Å²) in [6.45, 7) is 17.7. The van der Waals surface area contributed by atoms with E-state index in [1.165, 1.54) is 29.7 Å². The van der Waals surface area contributed by atoms with Crippen molar-refractivity contribution in [3.05, 3.63) is 23.4 Å². The van der Waals surface area contributed by atoms with Crippen molar-refractivity contribution in [1.29, 1.82) is 0 Å². The second-order valence-electron chi connectivity index (χ2n) is 4.40. The number of nitrogens with zero attached hydrogens (tertiary/aromatic N) is 1. The van der Waals surface area contributed by atoms with Gasteiger partial charge >= 0.3 is 0 Å². The zero-order valence-corrected chi connectivity index (χ0v) is 11.9. The van der Waals surface area contributed by atoms with Crippen molar-refractivity contribution in [2.75, 3.05) is 13.1 Å². The Morgan fingerprint density at radius 3 is 1.75 bits per heavy atom. The standard InChI is InChI=1S/C15H29N/c1-7-11-16(12-8-2)14(6)15(10-4)13(5)9-3/h6-12H2,1-5H3/b15-13+. The Balaban J connectivity index is 4.81. The molecule has 0 fully saturated rings. The van der Waals surface area contributed by atoms with Crippen LogP contribution in [0.5, 0.6) is 0 Å². The molecule has 0 spiro atoms. The van der Waals surface area contributed by atoms with Gasteiger partial charge in [-0.2, -0.15) is 0 Å². The summed E-state index contributed by atoms with van der Waals surface area (Å²) in [5.41, 5.74) is 4.21. The fourth-order valence-corrected chi connectivity index (χ4v) is 2.08. The average Bonchev–Trinajstić information content (AvgIpc) is 2.29. The summed E-state index contributed by atoms with van der Waals surface area (Å²) in [6.07, 6.45) is 4.62. The molecule has 0 heterocycles. The lowest BCUT2D eigenvalue weighted by Gasteiger charge is -2.28. The van der Waals surface area contributed by atoms with Crippen molar-refractivity contribution >= 4 is 0 Å². The van der Waals surface area contributed by atoms with Gasteiger partial charge in [0.05, 0.1) is 0 Å². The van der Waals surface area contributed by atoms with E-state index in [4.69, 9.17) is 0 Å². The number of rotatable bonds is 8. The van der Waals surface area contributed by atoms with E-state index in [1.54, 1.807) is 0 Å². The molecule has 1 nitrogen and oxygen atoms in total. The SMILES string of the molecule is C=C(/C(CC)=C(\C)CC)N(CCC)CCC. The molecule has 0 aliphatic carbocycles. The van der Waals surface area contributed by atoms with Gasteiger partial charge in [-0.3, -0.25) is 0 Å². The molecule has 0 aromatic rings. The van der Waals surface area contributed by atoms with Crippen LogP contribution in [-0.4, -0.2) is 18.0 Å². The molecule has 0 bridgehead atoms. The Labute approximate surface area is 102 Å². The van der Waals surface area contributed by atoms with E-state index >= 15 is 0 Å². The second-order valence-corrected chi connectivity index (χ2v) is 4.40. The maximum atomic E-state index is 4.30. The molecule has 0 unspecified atom stereocenters. The van der Waals surface area contributed by atoms with Crippen molar-refractivity contribution in [3.63, 3.8) is 0 Å². The summed E-state index contributed by atoms with van der Waals surface area (Å²) in [7, 11) is 0. The van der Waals surface area contributed by atoms with E-state index < -0.39 is 0 Å². The highest BCUT2D eigenvalue weighted by molar-refractivity contribution is 5.31. The van der Waals surface area contributed by atoms with E-state index in [9.17, 15) is 0 Å². The van der Waals surface area contributed by atoms with E-state index in [-0.39, 0.29) is 0 Å². The molecule has 0 aromatic carbocycles. The van der Waals surface area contributed by atoms with Crippen molar-refractivity contribution in [2.24, 2.45) is 0 Å². The van der Waals surface area contributed by atoms with Crippen molar-refractivity contribution in [2.45, 2.75) is 60.3 Å². The minimum atomic E-state index is 1.10. The molecule has 0 aliphatic heterocycles. The van der Waals surface area contributed by atoms with Crippen LogP contribution in [0, 0.1) is 0 Å². The first kappa shape index (κ1) is 15.3. The summed E-state index contributed by atoms with van der Waals surface area (Å²) in [5.74, 6) is 0. The van der Waals surface area contributed by atoms with Crippen molar-refractivity contribution in [3.8, 4) is 0 Å². The molecule has 0 radical (unpaired) electrons. The fraction of sp³-hybridized carbons (Fsp3) is 0.733. The lowest BCUT2D eigenvalue weighted by atomic mass is 10.0. The predicted octanol–water partition coefficient (Wildman–Crippen LogP) is 4.76. The maximum absolute atomic E-state index is 4.30. The highest BCUT2D eigenvalue weighted by atomic mass is 15.1. The minimum Gasteiger partial charge on any atom is -0.372 e. The van der Waals surface area contributed by atoms with E-state index in [2.05, 4.69) is 46.1 Å². The molecule has 0 rings (SSSR count). The Bertz CT molecular complexity index is 232. The third kappa shape index (κ3) is 4.42. The first-order valence-electron chi connectivity index (χ1n) is 6.75. The van der Waals surface area contributed by atoms with Crippen LogP contribution in [0.25, 0.3) is 0 Å². The van der Waals surface area contributed by atoms with Crippen LogP contribution in [0.15, 0.2) is 23.4 Å². The van der Waals surface area contributed by atoms with Crippen molar-refractivity contribution in [1.82, 2.24) is 4.90 Å². The van der Waals surface area contributed by atoms with Crippen LogP contribution in [0.1, 0.15) is 60.3 Å². The van der Waals surface area contributed by atoms with Gasteiger partial charge in [0.2, 0.25) is 0 Å². The lowest BCUT2D eigenvalue weighted by molar-refractivity contribution is 0.349. The monoisotopic (exact) mass is 223 g/mol. The van der Waals surface area contributed by atoms with E-state index in [0.29, 0.717) is 0 Å². The molecule has 0 amide bonds. The van der Waals surface area contributed by atoms with E-state index in [0.717, 1.165) is 25.9 Å². The first-order chi connectivity index (χ1) is 7.62. The highest BCUT2D eigenvalue weighted by Gasteiger charge is 2.11. The van der Waals surface area contributed by atoms with Gasteiger partial charge in [-0.1, -0.05) is 39.8 Å². The van der Waals surface area contributed by atoms with Gasteiger partial charge in [-0.15, -0.1) is 0 Å². The molecule has 16 heavy (non-hydrogen) atoms. The van der Waals surface area contributed by atoms with Gasteiger partial charge in [0.1, 0.15) is 0 Å². The van der Waals surface area contributed by atoms with Gasteiger partial charge in [0.15, 0.2) is 0 Å². The molecular weight excluding hydrogens is 194 g/mol. The van der Waals surface area contributed by atoms with Crippen LogP contribution in [0.4, 0.5) is 0 Å². The summed E-state index contributed by atoms with van der Waals surface area (Å²) in [5, 5.41) is 0. The Morgan fingerprint density at radius 2 is 1.44 bits per heavy atom. The van der Waals surface area contributed by atoms with Crippen LogP contribution in [0.3, 0.4) is 0 Å². The third-order valence-electron chi connectivity index (χ3n) is 3.12. The minimum absolute atomic E-state index is 1.10. The lowest BCUT2D eigenvalue weighted by Crippen LogP contribution is -2.25. The quantitative estimate of drug-likeness (QED) is 0.536. The summed E-state index contributed by atoms with van der Waals surface area (Å²) < 4.78 is 0. The number of hydrogen-bond donors (Lipinski definition) is 0. The zero-order chi connectivity index (χ0) is 12.6. The molecule has 0 N–H and O–H groups in total. The molecular formula is C15H29N. The number of hydrogen-bond acceptors (Lipinski definition) is 1. The number of allylic oxidation sites excluding steroid dienone is 2. The average molecular weight is 223 g/mol. The highest BCUT2D eigenvalue weighted by Crippen LogP contribution is 2.22. The molecule has 0 aromatic heterocycles. The molecule has 0 aliphatic rings. The van der Waals surface area contributed by atoms with Gasteiger partial charge in [-0.25, -0.2) is 0 Å². The molecule has 1 heteroatoms. The Morgan fingerprint density at radius 1 is 0.938 bits per heavy atom. The predicted molar refractivity (Wildman–Crippen MR) is 74.6 cm³/mol. The Hall–Kier alpha value is -0.720. The van der Waals surface area contributed by atoms with Crippen LogP contribution in [0.2, 0.25) is 0 Å². The van der Waals surface area contributed by atoms with Gasteiger partial charge in [0.25, 0.3) is 0 Å². The zero-order valence-electron chi connectivity index (χ0n) is 11.9. The first-order valence-corrected chi connectivity index (χ1v) is 6.75. The normalized spacial score (nSPS) is 12.3. The van der Waals surface area contributed by atoms with Crippen LogP contribution in [-0.2, 0) is 0 Å². The summed E-state index contributed by atoms with van der Waals surface area (Å²) >= 11 is 0. The maximum Gasteiger partial charge on any atom is 0.0325 e. The topological polar surface area (TPSA) is 3.24 Å².